The van der Waals surface area contributed by atoms with Crippen molar-refractivity contribution in [2.45, 2.75) is 91.5 Å². The standard InChI is InChI=1S/C47H60N12O5S/c1-30-24-34(14-16-37(30)44(63)56-47-53-25-31(2)65-47)50-28-40(61)48-18-10-6-5-7-11-19-49-41(62)29-57-20-22-58(23-21-57)36-15-17-39(51-26-36)54-46-52-27-38-32(3)42(33(4)60)45(64)59(43(38)55-46)35-12-8-9-13-35/h14-17,24-27,35,50H,5-13,18-23,28-29H2,1-4H3,(H,48,61)(H,49,62)(H,53,56,63)(H,51,52,54,55). The Hall–Kier alpha value is -6.27. The second kappa shape index (κ2) is 22.1. The van der Waals surface area contributed by atoms with E-state index in [4.69, 9.17) is 4.98 Å². The maximum Gasteiger partial charge on any atom is 0.263 e. The molecule has 1 aliphatic carbocycles. The maximum atomic E-state index is 13.6. The molecule has 5 aromatic rings. The SMILES string of the molecule is CC(=O)c1c(C)c2cnc(Nc3ccc(N4CCN(CC(=O)NCCCCCCCNC(=O)CNc5ccc(C(=O)Nc6ncc(C)s6)c(C)c5)CC4)cn3)nc2n(C2CCCC2)c1=O. The lowest BCUT2D eigenvalue weighted by Crippen LogP contribution is -2.49. The van der Waals surface area contributed by atoms with Crippen molar-refractivity contribution in [2.24, 2.45) is 0 Å². The molecule has 0 radical (unpaired) electrons. The van der Waals surface area contributed by atoms with E-state index in [1.807, 2.05) is 38.2 Å². The van der Waals surface area contributed by atoms with E-state index in [0.717, 1.165) is 106 Å². The maximum absolute atomic E-state index is 13.6. The fourth-order valence-electron chi connectivity index (χ4n) is 8.58. The summed E-state index contributed by atoms with van der Waals surface area (Å²) in [7, 11) is 0. The van der Waals surface area contributed by atoms with E-state index in [-0.39, 0.29) is 47.2 Å². The molecule has 0 bridgehead atoms. The normalized spacial score (nSPS) is 14.4. The number of hydrogen-bond donors (Lipinski definition) is 5. The van der Waals surface area contributed by atoms with Crippen LogP contribution in [0.2, 0.25) is 0 Å². The van der Waals surface area contributed by atoms with Crippen molar-refractivity contribution in [1.82, 2.24) is 40.0 Å². The Morgan fingerprint density at radius 1 is 0.815 bits per heavy atom. The number of unbranched alkanes of at least 4 members (excludes halogenated alkanes) is 4. The Balaban J connectivity index is 0.741. The van der Waals surface area contributed by atoms with Crippen molar-refractivity contribution in [3.63, 3.8) is 0 Å². The van der Waals surface area contributed by atoms with Gasteiger partial charge in [0.25, 0.3) is 11.5 Å². The first kappa shape index (κ1) is 46.7. The number of ketones is 1. The molecule has 3 amide bonds. The summed E-state index contributed by atoms with van der Waals surface area (Å²) >= 11 is 1.42. The van der Waals surface area contributed by atoms with Gasteiger partial charge in [-0.1, -0.05) is 32.1 Å². The number of carbonyl (C=O) groups excluding carboxylic acids is 4. The number of piperazine rings is 1. The van der Waals surface area contributed by atoms with Crippen molar-refractivity contribution in [3.05, 3.63) is 86.4 Å². The van der Waals surface area contributed by atoms with E-state index in [1.165, 1.54) is 18.3 Å². The first-order valence-corrected chi connectivity index (χ1v) is 23.5. The van der Waals surface area contributed by atoms with Gasteiger partial charge in [-0.15, -0.1) is 11.3 Å². The van der Waals surface area contributed by atoms with Crippen LogP contribution in [0.4, 0.5) is 28.3 Å². The van der Waals surface area contributed by atoms with Gasteiger partial charge in [-0.05, 0) is 94.8 Å². The zero-order valence-electron chi connectivity index (χ0n) is 37.8. The number of pyridine rings is 2. The van der Waals surface area contributed by atoms with Gasteiger partial charge in [0.2, 0.25) is 17.8 Å². The summed E-state index contributed by atoms with van der Waals surface area (Å²) < 4.78 is 1.71. The van der Waals surface area contributed by atoms with E-state index in [2.05, 4.69) is 51.3 Å². The van der Waals surface area contributed by atoms with E-state index in [9.17, 15) is 24.0 Å². The van der Waals surface area contributed by atoms with Crippen LogP contribution in [0.15, 0.2) is 53.7 Å². The van der Waals surface area contributed by atoms with Crippen LogP contribution in [0.5, 0.6) is 0 Å². The lowest BCUT2D eigenvalue weighted by atomic mass is 10.0. The number of thiazole rings is 1. The number of fused-ring (bicyclic) bond motifs is 1. The summed E-state index contributed by atoms with van der Waals surface area (Å²) in [5, 5.41) is 16.4. The van der Waals surface area contributed by atoms with Gasteiger partial charge in [0, 0.05) is 79.2 Å². The molecule has 2 fully saturated rings. The molecule has 17 nitrogen and oxygen atoms in total. The van der Waals surface area contributed by atoms with Crippen molar-refractivity contribution >= 4 is 74.1 Å². The average Bonchev–Trinajstić information content (AvgIpc) is 3.97. The third-order valence-electron chi connectivity index (χ3n) is 12.1. The van der Waals surface area contributed by atoms with Gasteiger partial charge in [-0.3, -0.25) is 38.8 Å². The number of hydrogen-bond acceptors (Lipinski definition) is 14. The summed E-state index contributed by atoms with van der Waals surface area (Å²) in [5.41, 5.74) is 4.19. The molecule has 0 unspecified atom stereocenters. The van der Waals surface area contributed by atoms with Crippen molar-refractivity contribution in [2.75, 3.05) is 73.2 Å². The Labute approximate surface area is 383 Å². The van der Waals surface area contributed by atoms with Crippen LogP contribution in [-0.4, -0.2) is 105 Å². The number of benzene rings is 1. The summed E-state index contributed by atoms with van der Waals surface area (Å²) in [6.45, 7) is 11.9. The van der Waals surface area contributed by atoms with Crippen molar-refractivity contribution in [3.8, 4) is 0 Å². The number of aromatic nitrogens is 5. The highest BCUT2D eigenvalue weighted by Crippen LogP contribution is 2.32. The Bertz CT molecular complexity index is 2550. The smallest absolute Gasteiger partial charge is 0.263 e. The zero-order chi connectivity index (χ0) is 45.9. The molecule has 7 rings (SSSR count). The van der Waals surface area contributed by atoms with E-state index >= 15 is 0 Å². The molecule has 0 atom stereocenters. The van der Waals surface area contributed by atoms with Gasteiger partial charge < -0.3 is 26.2 Å². The van der Waals surface area contributed by atoms with Gasteiger partial charge in [0.1, 0.15) is 11.5 Å². The lowest BCUT2D eigenvalue weighted by molar-refractivity contribution is -0.122. The lowest BCUT2D eigenvalue weighted by Gasteiger charge is -2.35. The highest BCUT2D eigenvalue weighted by Gasteiger charge is 2.26. The van der Waals surface area contributed by atoms with Crippen LogP contribution < -0.4 is 37.0 Å². The van der Waals surface area contributed by atoms with Crippen LogP contribution in [0.25, 0.3) is 11.0 Å². The fourth-order valence-corrected chi connectivity index (χ4v) is 9.24. The first-order valence-electron chi connectivity index (χ1n) is 22.7. The molecule has 5 N–H and O–H groups in total. The molecule has 1 aliphatic heterocycles. The summed E-state index contributed by atoms with van der Waals surface area (Å²) in [6.07, 6.45) is 13.9. The molecule has 5 heterocycles. The molecular formula is C47H60N12O5S. The highest BCUT2D eigenvalue weighted by atomic mass is 32.1. The molecule has 0 spiro atoms. The summed E-state index contributed by atoms with van der Waals surface area (Å²) in [5.74, 6) is 0.397. The van der Waals surface area contributed by atoms with Gasteiger partial charge in [0.15, 0.2) is 10.9 Å². The molecule has 2 aliphatic rings. The van der Waals surface area contributed by atoms with Gasteiger partial charge in [-0.2, -0.15) is 4.98 Å². The highest BCUT2D eigenvalue weighted by molar-refractivity contribution is 7.15. The topological polar surface area (TPSA) is 208 Å². The number of nitrogens with one attached hydrogen (secondary N) is 5. The van der Waals surface area contributed by atoms with Crippen LogP contribution in [-0.2, 0) is 9.59 Å². The Morgan fingerprint density at radius 3 is 2.20 bits per heavy atom. The zero-order valence-corrected chi connectivity index (χ0v) is 38.6. The van der Waals surface area contributed by atoms with Crippen molar-refractivity contribution < 1.29 is 19.2 Å². The quantitative estimate of drug-likeness (QED) is 0.0430. The first-order chi connectivity index (χ1) is 31.4. The van der Waals surface area contributed by atoms with Crippen LogP contribution in [0.1, 0.15) is 107 Å². The van der Waals surface area contributed by atoms with Gasteiger partial charge in [-0.25, -0.2) is 15.0 Å². The van der Waals surface area contributed by atoms with Crippen molar-refractivity contribution in [1.29, 1.82) is 0 Å². The number of anilines is 5. The largest absolute Gasteiger partial charge is 0.376 e. The minimum absolute atomic E-state index is 0.00265. The molecule has 1 aromatic carbocycles. The Kier molecular flexibility index (Phi) is 15.9. The molecular weight excluding hydrogens is 845 g/mol. The van der Waals surface area contributed by atoms with E-state index in [0.29, 0.717) is 58.7 Å². The third-order valence-corrected chi connectivity index (χ3v) is 12.9. The van der Waals surface area contributed by atoms with Crippen LogP contribution in [0.3, 0.4) is 0 Å². The number of amides is 3. The third kappa shape index (κ3) is 12.3. The molecule has 1 saturated heterocycles. The second-order valence-electron chi connectivity index (χ2n) is 17.0. The average molecular weight is 905 g/mol. The van der Waals surface area contributed by atoms with E-state index in [1.54, 1.807) is 36.0 Å². The fraction of sp³-hybridized carbons (Fsp3) is 0.468. The molecule has 344 valence electrons. The number of aryl methyl sites for hydroxylation is 3. The summed E-state index contributed by atoms with van der Waals surface area (Å²) in [6, 6.07) is 9.29. The number of Topliss-reactive ketones (excluding diaryl/α,β-unsaturated/α-hetero) is 1. The predicted octanol–water partition coefficient (Wildman–Crippen LogP) is 6.30. The van der Waals surface area contributed by atoms with E-state index < -0.39 is 0 Å². The minimum atomic E-state index is -0.281. The monoisotopic (exact) mass is 904 g/mol. The molecule has 1 saturated carbocycles. The van der Waals surface area contributed by atoms with Crippen LogP contribution in [0, 0.1) is 20.8 Å². The minimum Gasteiger partial charge on any atom is -0.376 e. The Morgan fingerprint density at radius 2 is 1.54 bits per heavy atom. The number of nitrogens with zero attached hydrogens (tertiary/aromatic N) is 7. The van der Waals surface area contributed by atoms with Gasteiger partial charge in [0.05, 0.1) is 30.5 Å². The number of rotatable bonds is 20. The molecule has 18 heteroatoms. The molecule has 4 aromatic heterocycles. The van der Waals surface area contributed by atoms with Gasteiger partial charge >= 0.3 is 0 Å². The second-order valence-corrected chi connectivity index (χ2v) is 18.2. The van der Waals surface area contributed by atoms with Crippen LogP contribution >= 0.6 is 11.3 Å². The summed E-state index contributed by atoms with van der Waals surface area (Å²) in [4.78, 5) is 87.3. The number of carbonyl (C=O) groups is 4. The molecule has 65 heavy (non-hydrogen) atoms. The predicted molar refractivity (Wildman–Crippen MR) is 256 cm³/mol.